The summed E-state index contributed by atoms with van der Waals surface area (Å²) in [5.41, 5.74) is 2.86. The largest absolute Gasteiger partial charge is 0.506 e. The van der Waals surface area contributed by atoms with Crippen molar-refractivity contribution in [3.8, 4) is 5.75 Å². The number of fused-ring (bicyclic) bond motifs is 1. The summed E-state index contributed by atoms with van der Waals surface area (Å²) in [6.07, 6.45) is 0. The molecule has 0 aliphatic carbocycles. The van der Waals surface area contributed by atoms with E-state index in [4.69, 9.17) is 0 Å². The molecule has 20 heavy (non-hydrogen) atoms. The second-order valence-electron chi connectivity index (χ2n) is 4.47. The third-order valence-electron chi connectivity index (χ3n) is 3.02. The van der Waals surface area contributed by atoms with Crippen LogP contribution in [0.25, 0.3) is 10.9 Å². The van der Waals surface area contributed by atoms with Gasteiger partial charge in [-0.25, -0.2) is 5.43 Å². The van der Waals surface area contributed by atoms with Crippen molar-refractivity contribution < 1.29 is 9.90 Å². The van der Waals surface area contributed by atoms with E-state index in [0.717, 1.165) is 0 Å². The Labute approximate surface area is 115 Å². The Hall–Kier alpha value is -2.63. The van der Waals surface area contributed by atoms with Crippen LogP contribution in [0, 0.1) is 0 Å². The molecule has 6 heteroatoms. The lowest BCUT2D eigenvalue weighted by molar-refractivity contribution is -0.118. The Morgan fingerprint density at radius 2 is 1.95 bits per heavy atom. The summed E-state index contributed by atoms with van der Waals surface area (Å²) in [5.74, 6) is -0.475. The molecule has 1 aromatic heterocycles. The molecule has 6 nitrogen and oxygen atoms in total. The van der Waals surface area contributed by atoms with Crippen molar-refractivity contribution in [2.45, 2.75) is 13.8 Å². The molecule has 2 rings (SSSR count). The molecule has 0 unspecified atom stereocenters. The molecular weight excluding hydrogens is 258 g/mol. The molecule has 0 aliphatic rings. The highest BCUT2D eigenvalue weighted by atomic mass is 16.3. The van der Waals surface area contributed by atoms with Gasteiger partial charge in [0.05, 0.1) is 11.2 Å². The standard InChI is InChI=1S/C14H15N3O3/c1-8(15-16-9(2)18)12-13(19)10-6-4-5-7-11(10)17(3)14(12)20/h4-7,19H,1-3H3,(H,16,18). The fourth-order valence-corrected chi connectivity index (χ4v) is 2.02. The number of aromatic nitrogens is 1. The van der Waals surface area contributed by atoms with Crippen molar-refractivity contribution in [1.82, 2.24) is 9.99 Å². The number of aryl methyl sites for hydroxylation is 1. The van der Waals surface area contributed by atoms with Gasteiger partial charge in [-0.1, -0.05) is 12.1 Å². The number of nitrogens with zero attached hydrogens (tertiary/aromatic N) is 2. The van der Waals surface area contributed by atoms with E-state index in [0.29, 0.717) is 10.9 Å². The van der Waals surface area contributed by atoms with E-state index in [1.165, 1.54) is 11.5 Å². The maximum atomic E-state index is 12.3. The summed E-state index contributed by atoms with van der Waals surface area (Å²) in [7, 11) is 1.62. The summed E-state index contributed by atoms with van der Waals surface area (Å²) in [4.78, 5) is 23.2. The number of rotatable bonds is 2. The highest BCUT2D eigenvalue weighted by molar-refractivity contribution is 6.05. The molecule has 0 aliphatic heterocycles. The molecule has 1 heterocycles. The molecule has 2 N–H and O–H groups in total. The fourth-order valence-electron chi connectivity index (χ4n) is 2.02. The van der Waals surface area contributed by atoms with Crippen LogP contribution in [0.2, 0.25) is 0 Å². The highest BCUT2D eigenvalue weighted by Crippen LogP contribution is 2.25. The Kier molecular flexibility index (Phi) is 3.56. The lowest BCUT2D eigenvalue weighted by atomic mass is 10.1. The van der Waals surface area contributed by atoms with Crippen LogP contribution >= 0.6 is 0 Å². The van der Waals surface area contributed by atoms with Crippen LogP contribution in [0.4, 0.5) is 0 Å². The number of hydrazone groups is 1. The number of carbonyl (C=O) groups excluding carboxylic acids is 1. The summed E-state index contributed by atoms with van der Waals surface area (Å²) < 4.78 is 1.44. The zero-order chi connectivity index (χ0) is 14.9. The van der Waals surface area contributed by atoms with Gasteiger partial charge < -0.3 is 9.67 Å². The van der Waals surface area contributed by atoms with Crippen LogP contribution < -0.4 is 11.0 Å². The van der Waals surface area contributed by atoms with Gasteiger partial charge in [0.15, 0.2) is 0 Å². The first-order valence-corrected chi connectivity index (χ1v) is 6.05. The average Bonchev–Trinajstić information content (AvgIpc) is 2.43. The zero-order valence-electron chi connectivity index (χ0n) is 11.5. The second kappa shape index (κ2) is 5.16. The van der Waals surface area contributed by atoms with Crippen molar-refractivity contribution in [3.05, 3.63) is 40.2 Å². The lowest BCUT2D eigenvalue weighted by Gasteiger charge is -2.11. The Bertz CT molecular complexity index is 775. The van der Waals surface area contributed by atoms with Gasteiger partial charge in [-0.2, -0.15) is 5.10 Å². The van der Waals surface area contributed by atoms with E-state index in [9.17, 15) is 14.7 Å². The molecule has 1 aromatic carbocycles. The number of pyridine rings is 1. The number of benzene rings is 1. The molecule has 0 saturated heterocycles. The van der Waals surface area contributed by atoms with Gasteiger partial charge in [-0.15, -0.1) is 0 Å². The SMILES string of the molecule is CC(=O)NN=C(C)c1c(O)c2ccccc2n(C)c1=O. The van der Waals surface area contributed by atoms with Crippen LogP contribution in [0.1, 0.15) is 19.4 Å². The molecule has 0 atom stereocenters. The number of aromatic hydroxyl groups is 1. The molecule has 0 radical (unpaired) electrons. The summed E-state index contributed by atoms with van der Waals surface area (Å²) >= 11 is 0. The molecule has 2 aromatic rings. The summed E-state index contributed by atoms with van der Waals surface area (Å²) in [6.45, 7) is 2.87. The highest BCUT2D eigenvalue weighted by Gasteiger charge is 2.16. The second-order valence-corrected chi connectivity index (χ2v) is 4.47. The molecule has 0 fully saturated rings. The van der Waals surface area contributed by atoms with E-state index in [1.54, 1.807) is 38.2 Å². The van der Waals surface area contributed by atoms with Crippen LogP contribution in [-0.2, 0) is 11.8 Å². The van der Waals surface area contributed by atoms with Crippen molar-refractivity contribution in [2.24, 2.45) is 12.1 Å². The van der Waals surface area contributed by atoms with E-state index < -0.39 is 0 Å². The van der Waals surface area contributed by atoms with Gasteiger partial charge in [0.25, 0.3) is 5.56 Å². The summed E-state index contributed by atoms with van der Waals surface area (Å²) in [6, 6.07) is 7.04. The Morgan fingerprint density at radius 1 is 1.30 bits per heavy atom. The average molecular weight is 273 g/mol. The summed E-state index contributed by atoms with van der Waals surface area (Å²) in [5, 5.41) is 14.6. The smallest absolute Gasteiger partial charge is 0.263 e. The van der Waals surface area contributed by atoms with E-state index in [1.807, 2.05) is 0 Å². The Morgan fingerprint density at radius 3 is 2.60 bits per heavy atom. The third-order valence-corrected chi connectivity index (χ3v) is 3.02. The number of para-hydroxylation sites is 1. The van der Waals surface area contributed by atoms with Gasteiger partial charge in [0.1, 0.15) is 11.3 Å². The molecule has 0 bridgehead atoms. The topological polar surface area (TPSA) is 83.7 Å². The monoisotopic (exact) mass is 273 g/mol. The number of amides is 1. The van der Waals surface area contributed by atoms with Crippen molar-refractivity contribution in [1.29, 1.82) is 0 Å². The first-order valence-electron chi connectivity index (χ1n) is 6.05. The number of carbonyl (C=O) groups is 1. The molecule has 0 saturated carbocycles. The van der Waals surface area contributed by atoms with Gasteiger partial charge in [-0.05, 0) is 19.1 Å². The van der Waals surface area contributed by atoms with E-state index >= 15 is 0 Å². The quantitative estimate of drug-likeness (QED) is 0.635. The fraction of sp³-hybridized carbons (Fsp3) is 0.214. The molecular formula is C14H15N3O3. The first-order chi connectivity index (χ1) is 9.43. The van der Waals surface area contributed by atoms with Gasteiger partial charge in [0, 0.05) is 19.4 Å². The third kappa shape index (κ3) is 2.27. The minimum Gasteiger partial charge on any atom is -0.506 e. The predicted molar refractivity (Wildman–Crippen MR) is 76.9 cm³/mol. The van der Waals surface area contributed by atoms with Crippen LogP contribution in [0.5, 0.6) is 5.75 Å². The molecule has 1 amide bonds. The molecule has 0 spiro atoms. The van der Waals surface area contributed by atoms with E-state index in [2.05, 4.69) is 10.5 Å². The minimum atomic E-state index is -0.368. The lowest BCUT2D eigenvalue weighted by Crippen LogP contribution is -2.26. The van der Waals surface area contributed by atoms with Crippen LogP contribution in [0.15, 0.2) is 34.2 Å². The first kappa shape index (κ1) is 13.8. The maximum absolute atomic E-state index is 12.3. The van der Waals surface area contributed by atoms with Crippen LogP contribution in [0.3, 0.4) is 0 Å². The minimum absolute atomic E-state index is 0.0833. The van der Waals surface area contributed by atoms with Crippen molar-refractivity contribution in [2.75, 3.05) is 0 Å². The predicted octanol–water partition coefficient (Wildman–Crippen LogP) is 1.10. The van der Waals surface area contributed by atoms with Gasteiger partial charge in [0.2, 0.25) is 5.91 Å². The maximum Gasteiger partial charge on any atom is 0.263 e. The number of nitrogens with one attached hydrogen (secondary N) is 1. The van der Waals surface area contributed by atoms with Crippen LogP contribution in [-0.4, -0.2) is 21.3 Å². The van der Waals surface area contributed by atoms with Crippen molar-refractivity contribution >= 4 is 22.5 Å². The normalized spacial score (nSPS) is 11.7. The Balaban J connectivity index is 2.74. The van der Waals surface area contributed by atoms with Crippen molar-refractivity contribution in [3.63, 3.8) is 0 Å². The van der Waals surface area contributed by atoms with E-state index in [-0.39, 0.29) is 28.5 Å². The zero-order valence-corrected chi connectivity index (χ0v) is 11.5. The molecule has 104 valence electrons. The number of hydrogen-bond donors (Lipinski definition) is 2. The van der Waals surface area contributed by atoms with Gasteiger partial charge in [-0.3, -0.25) is 9.59 Å². The van der Waals surface area contributed by atoms with Gasteiger partial charge >= 0.3 is 0 Å². The number of hydrogen-bond acceptors (Lipinski definition) is 4.